The molecule has 0 atom stereocenters. The molecule has 3 nitrogen and oxygen atoms in total. The lowest BCUT2D eigenvalue weighted by Gasteiger charge is -2.29. The lowest BCUT2D eigenvalue weighted by Crippen LogP contribution is -2.29. The zero-order valence-corrected chi connectivity index (χ0v) is 9.33. The lowest BCUT2D eigenvalue weighted by molar-refractivity contribution is 0.0966. The Balaban J connectivity index is 1.91. The van der Waals surface area contributed by atoms with Crippen LogP contribution in [0, 0.1) is 0 Å². The molecule has 3 rings (SSSR count). The van der Waals surface area contributed by atoms with E-state index in [-0.39, 0.29) is 5.91 Å². The standard InChI is InChI=1S/C13H16N2O/c16-13-12-8-11(5-4-10(12)9-14-13)15-6-2-1-3-7-15/h4-5,8H,1-3,6-7,9H2,(H,14,16). The number of anilines is 1. The highest BCUT2D eigenvalue weighted by Crippen LogP contribution is 2.25. The van der Waals surface area contributed by atoms with E-state index in [9.17, 15) is 4.79 Å². The summed E-state index contributed by atoms with van der Waals surface area (Å²) in [6.07, 6.45) is 3.87. The third-order valence-electron chi connectivity index (χ3n) is 3.50. The molecule has 2 aliphatic heterocycles. The highest BCUT2D eigenvalue weighted by molar-refractivity contribution is 5.99. The van der Waals surface area contributed by atoms with Crippen LogP contribution in [0.15, 0.2) is 18.2 Å². The van der Waals surface area contributed by atoms with E-state index in [1.54, 1.807) is 0 Å². The van der Waals surface area contributed by atoms with E-state index in [0.717, 1.165) is 24.2 Å². The van der Waals surface area contributed by atoms with Gasteiger partial charge < -0.3 is 10.2 Å². The number of carbonyl (C=O) groups is 1. The third kappa shape index (κ3) is 1.56. The predicted molar refractivity (Wildman–Crippen MR) is 63.7 cm³/mol. The Morgan fingerprint density at radius 1 is 1.12 bits per heavy atom. The fourth-order valence-electron chi connectivity index (χ4n) is 2.55. The molecule has 1 amide bonds. The summed E-state index contributed by atoms with van der Waals surface area (Å²) < 4.78 is 0. The van der Waals surface area contributed by atoms with Crippen molar-refractivity contribution in [3.63, 3.8) is 0 Å². The molecule has 1 N–H and O–H groups in total. The molecular formula is C13H16N2O. The second kappa shape index (κ2) is 3.81. The fraction of sp³-hybridized carbons (Fsp3) is 0.462. The Labute approximate surface area is 95.4 Å². The maximum Gasteiger partial charge on any atom is 0.251 e. The quantitative estimate of drug-likeness (QED) is 0.778. The van der Waals surface area contributed by atoms with E-state index in [1.807, 2.05) is 6.07 Å². The number of hydrogen-bond donors (Lipinski definition) is 1. The van der Waals surface area contributed by atoms with Crippen LogP contribution in [0.5, 0.6) is 0 Å². The van der Waals surface area contributed by atoms with Gasteiger partial charge in [-0.05, 0) is 37.0 Å². The Morgan fingerprint density at radius 2 is 1.94 bits per heavy atom. The van der Waals surface area contributed by atoms with Gasteiger partial charge in [0.2, 0.25) is 0 Å². The SMILES string of the molecule is O=C1NCc2ccc(N3CCCCC3)cc21. The Bertz CT molecular complexity index is 422. The van der Waals surface area contributed by atoms with Crippen LogP contribution >= 0.6 is 0 Å². The average molecular weight is 216 g/mol. The van der Waals surface area contributed by atoms with Gasteiger partial charge in [0, 0.05) is 30.9 Å². The first-order chi connectivity index (χ1) is 7.84. The van der Waals surface area contributed by atoms with Gasteiger partial charge in [0.15, 0.2) is 0 Å². The van der Waals surface area contributed by atoms with Crippen LogP contribution in [0.25, 0.3) is 0 Å². The van der Waals surface area contributed by atoms with Gasteiger partial charge in [0.25, 0.3) is 5.91 Å². The van der Waals surface area contributed by atoms with Crippen LogP contribution in [0.3, 0.4) is 0 Å². The largest absolute Gasteiger partial charge is 0.372 e. The van der Waals surface area contributed by atoms with Gasteiger partial charge in [-0.15, -0.1) is 0 Å². The summed E-state index contributed by atoms with van der Waals surface area (Å²) in [5.74, 6) is 0.0776. The van der Waals surface area contributed by atoms with E-state index in [1.165, 1.54) is 24.9 Å². The number of carbonyl (C=O) groups excluding carboxylic acids is 1. The van der Waals surface area contributed by atoms with Gasteiger partial charge >= 0.3 is 0 Å². The molecule has 0 aromatic heterocycles. The van der Waals surface area contributed by atoms with Gasteiger partial charge in [0.05, 0.1) is 0 Å². The van der Waals surface area contributed by atoms with Gasteiger partial charge in [-0.2, -0.15) is 0 Å². The molecule has 16 heavy (non-hydrogen) atoms. The molecule has 1 aromatic carbocycles. The number of amides is 1. The minimum absolute atomic E-state index is 0.0776. The van der Waals surface area contributed by atoms with Crippen LogP contribution in [-0.2, 0) is 6.54 Å². The predicted octanol–water partition coefficient (Wildman–Crippen LogP) is 1.92. The summed E-state index contributed by atoms with van der Waals surface area (Å²) in [7, 11) is 0. The smallest absolute Gasteiger partial charge is 0.251 e. The molecule has 0 unspecified atom stereocenters. The first-order valence-electron chi connectivity index (χ1n) is 6.01. The third-order valence-corrected chi connectivity index (χ3v) is 3.50. The minimum Gasteiger partial charge on any atom is -0.372 e. The van der Waals surface area contributed by atoms with Crippen molar-refractivity contribution in [1.82, 2.24) is 5.32 Å². The van der Waals surface area contributed by atoms with Crippen molar-refractivity contribution < 1.29 is 4.79 Å². The number of nitrogens with one attached hydrogen (secondary N) is 1. The fourth-order valence-corrected chi connectivity index (χ4v) is 2.55. The van der Waals surface area contributed by atoms with Crippen LogP contribution in [0.2, 0.25) is 0 Å². The molecule has 0 aliphatic carbocycles. The number of benzene rings is 1. The van der Waals surface area contributed by atoms with Crippen molar-refractivity contribution in [3.8, 4) is 0 Å². The van der Waals surface area contributed by atoms with Crippen molar-refractivity contribution in [2.45, 2.75) is 25.8 Å². The molecule has 0 spiro atoms. The summed E-state index contributed by atoms with van der Waals surface area (Å²) in [5, 5.41) is 2.86. The highest BCUT2D eigenvalue weighted by Gasteiger charge is 2.20. The van der Waals surface area contributed by atoms with E-state index in [2.05, 4.69) is 22.3 Å². The molecule has 0 saturated carbocycles. The van der Waals surface area contributed by atoms with Crippen LogP contribution in [0.1, 0.15) is 35.2 Å². The lowest BCUT2D eigenvalue weighted by atomic mass is 10.1. The van der Waals surface area contributed by atoms with Crippen LogP contribution in [-0.4, -0.2) is 19.0 Å². The van der Waals surface area contributed by atoms with Crippen molar-refractivity contribution in [1.29, 1.82) is 0 Å². The number of nitrogens with zero attached hydrogens (tertiary/aromatic N) is 1. The van der Waals surface area contributed by atoms with E-state index in [0.29, 0.717) is 6.54 Å². The molecule has 2 aliphatic rings. The molecule has 84 valence electrons. The van der Waals surface area contributed by atoms with Gasteiger partial charge in [-0.3, -0.25) is 4.79 Å². The molecule has 3 heteroatoms. The second-order valence-electron chi connectivity index (χ2n) is 4.57. The molecule has 1 saturated heterocycles. The molecule has 2 heterocycles. The number of hydrogen-bond acceptors (Lipinski definition) is 2. The summed E-state index contributed by atoms with van der Waals surface area (Å²) in [5.41, 5.74) is 3.20. The van der Waals surface area contributed by atoms with Gasteiger partial charge in [-0.25, -0.2) is 0 Å². The van der Waals surface area contributed by atoms with Crippen molar-refractivity contribution in [2.24, 2.45) is 0 Å². The minimum atomic E-state index is 0.0776. The average Bonchev–Trinajstić information content (AvgIpc) is 2.72. The first-order valence-corrected chi connectivity index (χ1v) is 6.01. The second-order valence-corrected chi connectivity index (χ2v) is 4.57. The van der Waals surface area contributed by atoms with E-state index >= 15 is 0 Å². The zero-order valence-electron chi connectivity index (χ0n) is 9.33. The van der Waals surface area contributed by atoms with E-state index in [4.69, 9.17) is 0 Å². The van der Waals surface area contributed by atoms with Crippen molar-refractivity contribution >= 4 is 11.6 Å². The van der Waals surface area contributed by atoms with Crippen LogP contribution < -0.4 is 10.2 Å². The Kier molecular flexibility index (Phi) is 2.31. The van der Waals surface area contributed by atoms with E-state index < -0.39 is 0 Å². The normalized spacial score (nSPS) is 19.5. The van der Waals surface area contributed by atoms with Crippen molar-refractivity contribution in [2.75, 3.05) is 18.0 Å². The number of rotatable bonds is 1. The Hall–Kier alpha value is -1.51. The summed E-state index contributed by atoms with van der Waals surface area (Å²) in [6, 6.07) is 6.27. The van der Waals surface area contributed by atoms with Crippen molar-refractivity contribution in [3.05, 3.63) is 29.3 Å². The summed E-state index contributed by atoms with van der Waals surface area (Å²) in [4.78, 5) is 14.0. The number of piperidine rings is 1. The molecule has 1 fully saturated rings. The molecule has 1 aromatic rings. The molecule has 0 radical (unpaired) electrons. The maximum atomic E-state index is 11.6. The highest BCUT2D eigenvalue weighted by atomic mass is 16.1. The zero-order chi connectivity index (χ0) is 11.0. The monoisotopic (exact) mass is 216 g/mol. The van der Waals surface area contributed by atoms with Gasteiger partial charge in [0.1, 0.15) is 0 Å². The summed E-state index contributed by atoms with van der Waals surface area (Å²) >= 11 is 0. The molecule has 0 bridgehead atoms. The van der Waals surface area contributed by atoms with Crippen LogP contribution in [0.4, 0.5) is 5.69 Å². The summed E-state index contributed by atoms with van der Waals surface area (Å²) in [6.45, 7) is 2.94. The number of fused-ring (bicyclic) bond motifs is 1. The van der Waals surface area contributed by atoms with Gasteiger partial charge in [-0.1, -0.05) is 6.07 Å². The first kappa shape index (κ1) is 9.70. The Morgan fingerprint density at radius 3 is 2.75 bits per heavy atom. The maximum absolute atomic E-state index is 11.6. The molecular weight excluding hydrogens is 200 g/mol. The topological polar surface area (TPSA) is 32.3 Å².